The quantitative estimate of drug-likeness (QED) is 0.207. The van der Waals surface area contributed by atoms with Gasteiger partial charge in [0.15, 0.2) is 5.76 Å². The van der Waals surface area contributed by atoms with E-state index >= 15 is 0 Å². The predicted molar refractivity (Wildman–Crippen MR) is 120 cm³/mol. The Labute approximate surface area is 193 Å². The Morgan fingerprint density at radius 2 is 1.61 bits per heavy atom. The Morgan fingerprint density at radius 1 is 0.970 bits per heavy atom. The van der Waals surface area contributed by atoms with Gasteiger partial charge in [-0.25, -0.2) is 0 Å². The molecule has 0 radical (unpaired) electrons. The number of fused-ring (bicyclic) bond motifs is 1. The molecule has 168 valence electrons. The van der Waals surface area contributed by atoms with Crippen molar-refractivity contribution in [3.63, 3.8) is 0 Å². The van der Waals surface area contributed by atoms with Crippen LogP contribution in [0.5, 0.6) is 0 Å². The summed E-state index contributed by atoms with van der Waals surface area (Å²) < 4.78 is 5.07. The lowest BCUT2D eigenvalue weighted by Gasteiger charge is -2.22. The van der Waals surface area contributed by atoms with Crippen LogP contribution in [0, 0.1) is 10.1 Å². The van der Waals surface area contributed by atoms with Crippen LogP contribution < -0.4 is 4.90 Å². The lowest BCUT2D eigenvalue weighted by Crippen LogP contribution is -2.33. The highest BCUT2D eigenvalue weighted by atomic mass is 35.5. The molecule has 0 unspecified atom stereocenters. The second-order valence-corrected chi connectivity index (χ2v) is 7.78. The SMILES string of the molecule is O=C1c2ccccc2C(=O)N1CCCCN(C(=O)c1ccc([N+](=O)[O-])o1)c1ccc(Cl)cc1. The van der Waals surface area contributed by atoms with Crippen molar-refractivity contribution < 1.29 is 23.7 Å². The summed E-state index contributed by atoms with van der Waals surface area (Å²) in [4.78, 5) is 50.8. The van der Waals surface area contributed by atoms with E-state index in [2.05, 4.69) is 0 Å². The fraction of sp³-hybridized carbons (Fsp3) is 0.174. The van der Waals surface area contributed by atoms with Gasteiger partial charge in [-0.2, -0.15) is 0 Å². The van der Waals surface area contributed by atoms with Crippen LogP contribution in [0.25, 0.3) is 0 Å². The fourth-order valence-electron chi connectivity index (χ4n) is 3.62. The van der Waals surface area contributed by atoms with Gasteiger partial charge in [-0.1, -0.05) is 23.7 Å². The predicted octanol–water partition coefficient (Wildman–Crippen LogP) is 4.56. The van der Waals surface area contributed by atoms with Crippen molar-refractivity contribution in [3.8, 4) is 0 Å². The molecular weight excluding hydrogens is 450 g/mol. The summed E-state index contributed by atoms with van der Waals surface area (Å²) in [7, 11) is 0. The van der Waals surface area contributed by atoms with Crippen LogP contribution in [0.2, 0.25) is 5.02 Å². The maximum atomic E-state index is 13.0. The van der Waals surface area contributed by atoms with Crippen molar-refractivity contribution in [2.75, 3.05) is 18.0 Å². The highest BCUT2D eigenvalue weighted by molar-refractivity contribution is 6.30. The number of hydrogen-bond donors (Lipinski definition) is 0. The number of rotatable bonds is 8. The molecule has 9 nitrogen and oxygen atoms in total. The van der Waals surface area contributed by atoms with Gasteiger partial charge in [-0.05, 0) is 55.3 Å². The van der Waals surface area contributed by atoms with Crippen molar-refractivity contribution in [1.29, 1.82) is 0 Å². The number of carbonyl (C=O) groups is 3. The molecule has 1 aliphatic rings. The summed E-state index contributed by atoms with van der Waals surface area (Å²) in [6, 6.07) is 15.6. The van der Waals surface area contributed by atoms with Gasteiger partial charge in [0.25, 0.3) is 17.7 Å². The van der Waals surface area contributed by atoms with Gasteiger partial charge in [0, 0.05) is 23.8 Å². The van der Waals surface area contributed by atoms with Gasteiger partial charge in [-0.3, -0.25) is 29.4 Å². The Hall–Kier alpha value is -3.98. The molecule has 1 aliphatic heterocycles. The van der Waals surface area contributed by atoms with Gasteiger partial charge < -0.3 is 9.32 Å². The molecule has 10 heteroatoms. The monoisotopic (exact) mass is 467 g/mol. The van der Waals surface area contributed by atoms with E-state index in [0.717, 1.165) is 6.07 Å². The van der Waals surface area contributed by atoms with E-state index in [0.29, 0.717) is 34.7 Å². The van der Waals surface area contributed by atoms with E-state index in [-0.39, 0.29) is 30.7 Å². The van der Waals surface area contributed by atoms with Crippen LogP contribution in [0.15, 0.2) is 65.1 Å². The molecule has 0 saturated heterocycles. The van der Waals surface area contributed by atoms with Crippen LogP contribution in [0.4, 0.5) is 11.6 Å². The molecule has 0 fully saturated rings. The number of furan rings is 1. The number of amides is 3. The minimum absolute atomic E-state index is 0.169. The standard InChI is InChI=1S/C23H18ClN3O6/c24-15-7-9-16(10-8-15)25(23(30)19-11-12-20(33-19)27(31)32)13-3-4-14-26-21(28)17-5-1-2-6-18(17)22(26)29/h1-2,5-12H,3-4,13-14H2. The molecule has 2 heterocycles. The van der Waals surface area contributed by atoms with Crippen LogP contribution in [-0.2, 0) is 0 Å². The zero-order valence-electron chi connectivity index (χ0n) is 17.3. The molecule has 0 saturated carbocycles. The van der Waals surface area contributed by atoms with Crippen LogP contribution in [0.1, 0.15) is 44.1 Å². The van der Waals surface area contributed by atoms with Crippen LogP contribution in [-0.4, -0.2) is 40.6 Å². The molecule has 0 atom stereocenters. The van der Waals surface area contributed by atoms with Gasteiger partial charge in [0.1, 0.15) is 4.92 Å². The summed E-state index contributed by atoms with van der Waals surface area (Å²) >= 11 is 5.95. The van der Waals surface area contributed by atoms with E-state index in [1.54, 1.807) is 48.5 Å². The number of anilines is 1. The lowest BCUT2D eigenvalue weighted by molar-refractivity contribution is -0.402. The molecule has 33 heavy (non-hydrogen) atoms. The lowest BCUT2D eigenvalue weighted by atomic mass is 10.1. The van der Waals surface area contributed by atoms with Gasteiger partial charge in [-0.15, -0.1) is 0 Å². The average molecular weight is 468 g/mol. The summed E-state index contributed by atoms with van der Waals surface area (Å²) in [6.45, 7) is 0.444. The van der Waals surface area contributed by atoms with E-state index in [1.165, 1.54) is 15.9 Å². The smallest absolute Gasteiger partial charge is 0.395 e. The minimum Gasteiger partial charge on any atom is -0.395 e. The Morgan fingerprint density at radius 3 is 2.18 bits per heavy atom. The topological polar surface area (TPSA) is 114 Å². The number of halogens is 1. The zero-order chi connectivity index (χ0) is 23.5. The third kappa shape index (κ3) is 4.49. The average Bonchev–Trinajstić information content (AvgIpc) is 3.40. The molecule has 2 aromatic carbocycles. The highest BCUT2D eigenvalue weighted by Crippen LogP contribution is 2.25. The number of carbonyl (C=O) groups excluding carboxylic acids is 3. The normalized spacial score (nSPS) is 12.7. The van der Waals surface area contributed by atoms with Crippen LogP contribution in [0.3, 0.4) is 0 Å². The van der Waals surface area contributed by atoms with Crippen molar-refractivity contribution in [2.45, 2.75) is 12.8 Å². The van der Waals surface area contributed by atoms with Crippen molar-refractivity contribution in [2.24, 2.45) is 0 Å². The third-order valence-electron chi connectivity index (χ3n) is 5.26. The number of imide groups is 1. The Kier molecular flexibility index (Phi) is 6.23. The van der Waals surface area contributed by atoms with Crippen molar-refractivity contribution in [3.05, 3.63) is 92.7 Å². The second-order valence-electron chi connectivity index (χ2n) is 7.34. The molecule has 3 aromatic rings. The second kappa shape index (κ2) is 9.25. The first-order chi connectivity index (χ1) is 15.9. The summed E-state index contributed by atoms with van der Waals surface area (Å²) in [5, 5.41) is 11.4. The summed E-state index contributed by atoms with van der Waals surface area (Å²) in [6.07, 6.45) is 0.922. The Balaban J connectivity index is 1.44. The third-order valence-corrected chi connectivity index (χ3v) is 5.51. The molecule has 4 rings (SSSR count). The van der Waals surface area contributed by atoms with E-state index in [4.69, 9.17) is 16.0 Å². The van der Waals surface area contributed by atoms with E-state index in [9.17, 15) is 24.5 Å². The number of hydrogen-bond acceptors (Lipinski definition) is 6. The van der Waals surface area contributed by atoms with Gasteiger partial charge >= 0.3 is 5.88 Å². The molecule has 0 aliphatic carbocycles. The van der Waals surface area contributed by atoms with Gasteiger partial charge in [0.2, 0.25) is 0 Å². The molecule has 0 N–H and O–H groups in total. The Bertz CT molecular complexity index is 1200. The minimum atomic E-state index is -0.717. The summed E-state index contributed by atoms with van der Waals surface area (Å²) in [5.74, 6) is -1.91. The maximum Gasteiger partial charge on any atom is 0.433 e. The molecular formula is C23H18ClN3O6. The van der Waals surface area contributed by atoms with Gasteiger partial charge in [0.05, 0.1) is 17.2 Å². The number of benzene rings is 2. The number of unbranched alkanes of at least 4 members (excludes halogenated alkanes) is 1. The molecule has 1 aromatic heterocycles. The number of nitro groups is 1. The summed E-state index contributed by atoms with van der Waals surface area (Å²) in [5.41, 5.74) is 1.31. The largest absolute Gasteiger partial charge is 0.433 e. The first-order valence-corrected chi connectivity index (χ1v) is 10.5. The van der Waals surface area contributed by atoms with Crippen LogP contribution >= 0.6 is 11.6 Å². The van der Waals surface area contributed by atoms with Crippen molar-refractivity contribution in [1.82, 2.24) is 4.90 Å². The maximum absolute atomic E-state index is 13.0. The van der Waals surface area contributed by atoms with E-state index in [1.807, 2.05) is 0 Å². The molecule has 3 amide bonds. The number of nitrogens with zero attached hydrogens (tertiary/aromatic N) is 3. The molecule has 0 bridgehead atoms. The van der Waals surface area contributed by atoms with E-state index < -0.39 is 16.7 Å². The highest BCUT2D eigenvalue weighted by Gasteiger charge is 2.34. The fourth-order valence-corrected chi connectivity index (χ4v) is 3.75. The van der Waals surface area contributed by atoms with Crippen molar-refractivity contribution >= 4 is 40.9 Å². The zero-order valence-corrected chi connectivity index (χ0v) is 18.0. The first kappa shape index (κ1) is 22.2. The molecule has 0 spiro atoms. The first-order valence-electron chi connectivity index (χ1n) is 10.1.